The molecule has 22 heavy (non-hydrogen) atoms. The van der Waals surface area contributed by atoms with Crippen LogP contribution in [-0.2, 0) is 9.53 Å². The molecule has 0 saturated heterocycles. The van der Waals surface area contributed by atoms with Crippen LogP contribution in [0.25, 0.3) is 0 Å². The van der Waals surface area contributed by atoms with Gasteiger partial charge in [-0.3, -0.25) is 4.79 Å². The van der Waals surface area contributed by atoms with Gasteiger partial charge in [-0.05, 0) is 52.9 Å². The first kappa shape index (κ1) is 16.9. The number of nitrogens with one attached hydrogen (secondary N) is 1. The monoisotopic (exact) mass is 371 g/mol. The van der Waals surface area contributed by atoms with E-state index in [9.17, 15) is 14.0 Å². The molecule has 1 amide bonds. The van der Waals surface area contributed by atoms with Gasteiger partial charge in [0.15, 0.2) is 6.61 Å². The Bertz CT molecular complexity index is 564. The topological polar surface area (TPSA) is 55.4 Å². The number of carbonyl (C=O) groups is 2. The molecule has 2 rings (SSSR count). The predicted molar refractivity (Wildman–Crippen MR) is 83.9 cm³/mol. The molecule has 0 radical (unpaired) electrons. The van der Waals surface area contributed by atoms with Crippen molar-refractivity contribution in [2.45, 2.75) is 38.6 Å². The van der Waals surface area contributed by atoms with E-state index >= 15 is 0 Å². The molecule has 0 heterocycles. The fourth-order valence-electron chi connectivity index (χ4n) is 2.64. The van der Waals surface area contributed by atoms with Crippen LogP contribution in [0.4, 0.5) is 4.39 Å². The summed E-state index contributed by atoms with van der Waals surface area (Å²) >= 11 is 3.10. The molecule has 0 spiro atoms. The average molecular weight is 372 g/mol. The highest BCUT2D eigenvalue weighted by atomic mass is 79.9. The average Bonchev–Trinajstić information content (AvgIpc) is 2.47. The van der Waals surface area contributed by atoms with E-state index in [0.717, 1.165) is 19.3 Å². The van der Waals surface area contributed by atoms with Crippen LogP contribution in [0, 0.1) is 11.7 Å². The summed E-state index contributed by atoms with van der Waals surface area (Å²) in [5, 5.41) is 2.91. The summed E-state index contributed by atoms with van der Waals surface area (Å²) in [5.74, 6) is -0.962. The maximum atomic E-state index is 13.0. The van der Waals surface area contributed by atoms with Gasteiger partial charge in [-0.2, -0.15) is 0 Å². The molecule has 2 atom stereocenters. The molecule has 1 aromatic rings. The lowest BCUT2D eigenvalue weighted by atomic mass is 9.86. The van der Waals surface area contributed by atoms with Gasteiger partial charge in [-0.25, -0.2) is 9.18 Å². The molecule has 1 fully saturated rings. The molecular weight excluding hydrogens is 353 g/mol. The van der Waals surface area contributed by atoms with Crippen LogP contribution in [-0.4, -0.2) is 24.5 Å². The van der Waals surface area contributed by atoms with Gasteiger partial charge in [-0.15, -0.1) is 0 Å². The number of benzene rings is 1. The molecule has 0 unspecified atom stereocenters. The second kappa shape index (κ2) is 7.72. The Labute approximate surface area is 137 Å². The van der Waals surface area contributed by atoms with Gasteiger partial charge in [0.1, 0.15) is 5.82 Å². The standard InChI is InChI=1S/C16H19BrFNO3/c1-10-4-2-3-5-14(10)19-15(20)9-22-16(21)12-7-6-11(18)8-13(12)17/h6-8,10,14H,2-5,9H2,1H3,(H,19,20)/t10-,14-/m0/s1. The number of amides is 1. The maximum Gasteiger partial charge on any atom is 0.339 e. The molecule has 1 aromatic carbocycles. The lowest BCUT2D eigenvalue weighted by Gasteiger charge is -2.29. The molecule has 120 valence electrons. The zero-order valence-electron chi connectivity index (χ0n) is 12.4. The van der Waals surface area contributed by atoms with Gasteiger partial charge in [0, 0.05) is 10.5 Å². The van der Waals surface area contributed by atoms with E-state index in [1.165, 1.54) is 24.6 Å². The fraction of sp³-hybridized carbons (Fsp3) is 0.500. The molecule has 1 aliphatic carbocycles. The third-order valence-corrected chi connectivity index (χ3v) is 4.60. The van der Waals surface area contributed by atoms with Gasteiger partial charge in [-0.1, -0.05) is 19.8 Å². The van der Waals surface area contributed by atoms with Crippen molar-refractivity contribution in [3.63, 3.8) is 0 Å². The van der Waals surface area contributed by atoms with Crippen LogP contribution < -0.4 is 5.32 Å². The van der Waals surface area contributed by atoms with Gasteiger partial charge in [0.25, 0.3) is 5.91 Å². The molecule has 0 aromatic heterocycles. The summed E-state index contributed by atoms with van der Waals surface area (Å²) in [6.45, 7) is 1.79. The summed E-state index contributed by atoms with van der Waals surface area (Å²) in [7, 11) is 0. The number of hydrogen-bond acceptors (Lipinski definition) is 3. The van der Waals surface area contributed by atoms with E-state index in [0.29, 0.717) is 10.4 Å². The molecule has 0 bridgehead atoms. The molecule has 1 aliphatic rings. The molecule has 6 heteroatoms. The SMILES string of the molecule is C[C@H]1CCCC[C@@H]1NC(=O)COC(=O)c1ccc(F)cc1Br. The molecular formula is C16H19BrFNO3. The van der Waals surface area contributed by atoms with Gasteiger partial charge >= 0.3 is 5.97 Å². The van der Waals surface area contributed by atoms with Crippen LogP contribution in [0.15, 0.2) is 22.7 Å². The number of esters is 1. The minimum Gasteiger partial charge on any atom is -0.452 e. The van der Waals surface area contributed by atoms with E-state index in [1.807, 2.05) is 0 Å². The number of ether oxygens (including phenoxy) is 1. The van der Waals surface area contributed by atoms with Gasteiger partial charge < -0.3 is 10.1 Å². The van der Waals surface area contributed by atoms with Crippen molar-refractivity contribution < 1.29 is 18.7 Å². The molecule has 4 nitrogen and oxygen atoms in total. The first-order valence-corrected chi connectivity index (χ1v) is 8.18. The number of carbonyl (C=O) groups excluding carboxylic acids is 2. The second-order valence-corrected chi connectivity index (χ2v) is 6.49. The van der Waals surface area contributed by atoms with Crippen molar-refractivity contribution in [1.29, 1.82) is 0 Å². The minimum absolute atomic E-state index is 0.150. The Morgan fingerprint density at radius 2 is 2.09 bits per heavy atom. The van der Waals surface area contributed by atoms with Crippen molar-refractivity contribution in [2.75, 3.05) is 6.61 Å². The van der Waals surface area contributed by atoms with E-state index < -0.39 is 11.8 Å². The number of hydrogen-bond donors (Lipinski definition) is 1. The first-order chi connectivity index (χ1) is 10.5. The highest BCUT2D eigenvalue weighted by Crippen LogP contribution is 2.23. The zero-order valence-corrected chi connectivity index (χ0v) is 14.0. The third kappa shape index (κ3) is 4.53. The van der Waals surface area contributed by atoms with E-state index in [2.05, 4.69) is 28.2 Å². The second-order valence-electron chi connectivity index (χ2n) is 5.64. The van der Waals surface area contributed by atoms with E-state index in [-0.39, 0.29) is 24.1 Å². The molecule has 1 saturated carbocycles. The number of halogens is 2. The Balaban J connectivity index is 1.84. The lowest BCUT2D eigenvalue weighted by Crippen LogP contribution is -2.42. The van der Waals surface area contributed by atoms with Crippen LogP contribution in [0.2, 0.25) is 0 Å². The van der Waals surface area contributed by atoms with Crippen molar-refractivity contribution in [3.8, 4) is 0 Å². The molecule has 0 aliphatic heterocycles. The van der Waals surface area contributed by atoms with E-state index in [1.54, 1.807) is 0 Å². The van der Waals surface area contributed by atoms with E-state index in [4.69, 9.17) is 4.74 Å². The van der Waals surface area contributed by atoms with Crippen molar-refractivity contribution >= 4 is 27.8 Å². The summed E-state index contributed by atoms with van der Waals surface area (Å²) in [6.07, 6.45) is 4.37. The summed E-state index contributed by atoms with van der Waals surface area (Å²) in [4.78, 5) is 23.8. The highest BCUT2D eigenvalue weighted by Gasteiger charge is 2.23. The van der Waals surface area contributed by atoms with Crippen LogP contribution in [0.5, 0.6) is 0 Å². The lowest BCUT2D eigenvalue weighted by molar-refractivity contribution is -0.125. The zero-order chi connectivity index (χ0) is 16.1. The molecule has 1 N–H and O–H groups in total. The summed E-state index contributed by atoms with van der Waals surface area (Å²) in [5.41, 5.74) is 0.195. The Hall–Kier alpha value is -1.43. The van der Waals surface area contributed by atoms with Gasteiger partial charge in [0.05, 0.1) is 5.56 Å². The van der Waals surface area contributed by atoms with Crippen molar-refractivity contribution in [3.05, 3.63) is 34.1 Å². The van der Waals surface area contributed by atoms with Gasteiger partial charge in [0.2, 0.25) is 0 Å². The van der Waals surface area contributed by atoms with Crippen LogP contribution >= 0.6 is 15.9 Å². The summed E-state index contributed by atoms with van der Waals surface area (Å²) in [6, 6.07) is 3.83. The fourth-order valence-corrected chi connectivity index (χ4v) is 3.16. The van der Waals surface area contributed by atoms with Crippen LogP contribution in [0.3, 0.4) is 0 Å². The first-order valence-electron chi connectivity index (χ1n) is 7.39. The largest absolute Gasteiger partial charge is 0.452 e. The highest BCUT2D eigenvalue weighted by molar-refractivity contribution is 9.10. The predicted octanol–water partition coefficient (Wildman–Crippen LogP) is 3.44. The maximum absolute atomic E-state index is 13.0. The Morgan fingerprint density at radius 1 is 1.36 bits per heavy atom. The smallest absolute Gasteiger partial charge is 0.339 e. The third-order valence-electron chi connectivity index (χ3n) is 3.94. The Kier molecular flexibility index (Phi) is 5.94. The quantitative estimate of drug-likeness (QED) is 0.824. The van der Waals surface area contributed by atoms with Crippen LogP contribution in [0.1, 0.15) is 43.0 Å². The number of rotatable bonds is 4. The van der Waals surface area contributed by atoms with Crippen molar-refractivity contribution in [1.82, 2.24) is 5.32 Å². The minimum atomic E-state index is -0.654. The van der Waals surface area contributed by atoms with Crippen molar-refractivity contribution in [2.24, 2.45) is 5.92 Å². The normalized spacial score (nSPS) is 21.2. The summed E-state index contributed by atoms with van der Waals surface area (Å²) < 4.78 is 18.3. The Morgan fingerprint density at radius 3 is 2.77 bits per heavy atom.